The van der Waals surface area contributed by atoms with Crippen LogP contribution in [0.1, 0.15) is 27.2 Å². The molecule has 0 fully saturated rings. The van der Waals surface area contributed by atoms with Crippen LogP contribution in [-0.4, -0.2) is 5.91 Å². The van der Waals surface area contributed by atoms with Crippen molar-refractivity contribution in [2.75, 3.05) is 5.32 Å². The van der Waals surface area contributed by atoms with Crippen molar-refractivity contribution < 1.29 is 4.79 Å². The molecule has 3 aromatic rings. The molecule has 1 amide bonds. The molecule has 0 saturated heterocycles. The van der Waals surface area contributed by atoms with Crippen LogP contribution in [-0.2, 0) is 12.8 Å². The molecule has 2 nitrogen and oxygen atoms in total. The van der Waals surface area contributed by atoms with Crippen LogP contribution in [0.25, 0.3) is 10.1 Å². The van der Waals surface area contributed by atoms with Crippen molar-refractivity contribution in [1.29, 1.82) is 0 Å². The Morgan fingerprint density at radius 3 is 2.77 bits per heavy atom. The quantitative estimate of drug-likeness (QED) is 0.680. The molecule has 0 aliphatic heterocycles. The van der Waals surface area contributed by atoms with Gasteiger partial charge >= 0.3 is 0 Å². The Balaban J connectivity index is 1.65. The minimum absolute atomic E-state index is 0.135. The van der Waals surface area contributed by atoms with Gasteiger partial charge in [0.1, 0.15) is 4.88 Å². The molecule has 4 rings (SSSR count). The van der Waals surface area contributed by atoms with E-state index in [2.05, 4.69) is 17.4 Å². The van der Waals surface area contributed by atoms with E-state index in [4.69, 9.17) is 11.6 Å². The summed E-state index contributed by atoms with van der Waals surface area (Å²) in [5.41, 5.74) is 3.59. The average molecular weight is 328 g/mol. The first kappa shape index (κ1) is 13.8. The number of nitrogens with one attached hydrogen (secondary N) is 1. The number of aryl methyl sites for hydroxylation is 2. The summed E-state index contributed by atoms with van der Waals surface area (Å²) in [6, 6.07) is 14.0. The van der Waals surface area contributed by atoms with Crippen LogP contribution < -0.4 is 5.32 Å². The van der Waals surface area contributed by atoms with Gasteiger partial charge in [0.2, 0.25) is 0 Å². The van der Waals surface area contributed by atoms with Crippen LogP contribution in [0.15, 0.2) is 42.5 Å². The SMILES string of the molecule is O=C(Nc1ccc2c(c1)CCC2)c1sc2ccccc2c1Cl. The van der Waals surface area contributed by atoms with E-state index in [1.54, 1.807) is 0 Å². The summed E-state index contributed by atoms with van der Waals surface area (Å²) in [4.78, 5) is 13.1. The lowest BCUT2D eigenvalue weighted by molar-refractivity contribution is 0.103. The fraction of sp³-hybridized carbons (Fsp3) is 0.167. The summed E-state index contributed by atoms with van der Waals surface area (Å²) < 4.78 is 1.03. The smallest absolute Gasteiger partial charge is 0.267 e. The molecule has 0 saturated carbocycles. The molecule has 4 heteroatoms. The maximum atomic E-state index is 12.5. The van der Waals surface area contributed by atoms with Gasteiger partial charge in [-0.3, -0.25) is 4.79 Å². The zero-order chi connectivity index (χ0) is 15.1. The van der Waals surface area contributed by atoms with Gasteiger partial charge in [0.15, 0.2) is 0 Å². The Morgan fingerprint density at radius 1 is 1.09 bits per heavy atom. The molecule has 0 spiro atoms. The number of thiophene rings is 1. The molecule has 0 bridgehead atoms. The van der Waals surface area contributed by atoms with Gasteiger partial charge < -0.3 is 5.32 Å². The van der Waals surface area contributed by atoms with Gasteiger partial charge in [-0.1, -0.05) is 35.9 Å². The summed E-state index contributed by atoms with van der Waals surface area (Å²) in [5.74, 6) is -0.135. The summed E-state index contributed by atoms with van der Waals surface area (Å²) in [6.45, 7) is 0. The van der Waals surface area contributed by atoms with Crippen LogP contribution in [0.2, 0.25) is 5.02 Å². The van der Waals surface area contributed by atoms with Crippen LogP contribution >= 0.6 is 22.9 Å². The zero-order valence-electron chi connectivity index (χ0n) is 11.9. The molecule has 22 heavy (non-hydrogen) atoms. The lowest BCUT2D eigenvalue weighted by atomic mass is 10.1. The van der Waals surface area contributed by atoms with E-state index in [9.17, 15) is 4.79 Å². The van der Waals surface area contributed by atoms with Crippen molar-refractivity contribution in [2.45, 2.75) is 19.3 Å². The van der Waals surface area contributed by atoms with Crippen molar-refractivity contribution in [3.8, 4) is 0 Å². The van der Waals surface area contributed by atoms with Crippen molar-refractivity contribution in [3.05, 3.63) is 63.5 Å². The van der Waals surface area contributed by atoms with Crippen LogP contribution in [0, 0.1) is 0 Å². The number of hydrogen-bond donors (Lipinski definition) is 1. The number of hydrogen-bond acceptors (Lipinski definition) is 2. The minimum atomic E-state index is -0.135. The second kappa shape index (κ2) is 5.41. The standard InChI is InChI=1S/C18H14ClNOS/c19-16-14-6-1-2-7-15(14)22-17(16)18(21)20-13-9-8-11-4-3-5-12(11)10-13/h1-2,6-10H,3-5H2,(H,20,21). The third-order valence-electron chi connectivity index (χ3n) is 4.10. The Bertz CT molecular complexity index is 884. The van der Waals surface area contributed by atoms with Gasteiger partial charge in [0, 0.05) is 15.8 Å². The Morgan fingerprint density at radius 2 is 1.91 bits per heavy atom. The van der Waals surface area contributed by atoms with Crippen LogP contribution in [0.4, 0.5) is 5.69 Å². The lowest BCUT2D eigenvalue weighted by Crippen LogP contribution is -2.10. The number of halogens is 1. The van der Waals surface area contributed by atoms with Gasteiger partial charge in [-0.25, -0.2) is 0 Å². The number of amides is 1. The predicted molar refractivity (Wildman–Crippen MR) is 93.3 cm³/mol. The Kier molecular flexibility index (Phi) is 3.40. The van der Waals surface area contributed by atoms with E-state index in [1.807, 2.05) is 30.3 Å². The van der Waals surface area contributed by atoms with Crippen molar-refractivity contribution in [2.24, 2.45) is 0 Å². The lowest BCUT2D eigenvalue weighted by Gasteiger charge is -2.06. The fourth-order valence-electron chi connectivity index (χ4n) is 3.00. The van der Waals surface area contributed by atoms with Crippen molar-refractivity contribution >= 4 is 44.6 Å². The summed E-state index contributed by atoms with van der Waals surface area (Å²) >= 11 is 7.79. The Hall–Kier alpha value is -1.84. The molecule has 1 N–H and O–H groups in total. The van der Waals surface area contributed by atoms with E-state index in [1.165, 1.54) is 28.9 Å². The number of carbonyl (C=O) groups is 1. The molecule has 2 aromatic carbocycles. The molecule has 1 aromatic heterocycles. The van der Waals surface area contributed by atoms with Crippen molar-refractivity contribution in [3.63, 3.8) is 0 Å². The van der Waals surface area contributed by atoms with E-state index in [0.717, 1.165) is 28.6 Å². The molecule has 0 unspecified atom stereocenters. The maximum absolute atomic E-state index is 12.5. The first-order chi connectivity index (χ1) is 10.7. The van der Waals surface area contributed by atoms with Crippen LogP contribution in [0.5, 0.6) is 0 Å². The first-order valence-corrected chi connectivity index (χ1v) is 8.52. The monoisotopic (exact) mass is 327 g/mol. The minimum Gasteiger partial charge on any atom is -0.321 e. The van der Waals surface area contributed by atoms with Gasteiger partial charge in [-0.2, -0.15) is 0 Å². The number of anilines is 1. The average Bonchev–Trinajstić information content (AvgIpc) is 3.12. The highest BCUT2D eigenvalue weighted by atomic mass is 35.5. The highest BCUT2D eigenvalue weighted by molar-refractivity contribution is 7.21. The molecule has 0 radical (unpaired) electrons. The summed E-state index contributed by atoms with van der Waals surface area (Å²) in [5, 5.41) is 4.46. The molecular formula is C18H14ClNOS. The van der Waals surface area contributed by atoms with Crippen molar-refractivity contribution in [1.82, 2.24) is 0 Å². The summed E-state index contributed by atoms with van der Waals surface area (Å²) in [7, 11) is 0. The number of carbonyl (C=O) groups excluding carboxylic acids is 1. The number of rotatable bonds is 2. The van der Waals surface area contributed by atoms with E-state index >= 15 is 0 Å². The third kappa shape index (κ3) is 2.31. The summed E-state index contributed by atoms with van der Waals surface area (Å²) in [6.07, 6.45) is 3.45. The highest BCUT2D eigenvalue weighted by Crippen LogP contribution is 2.35. The molecule has 0 atom stereocenters. The van der Waals surface area contributed by atoms with Gasteiger partial charge in [-0.05, 0) is 48.6 Å². The van der Waals surface area contributed by atoms with Gasteiger partial charge in [0.05, 0.1) is 5.02 Å². The first-order valence-electron chi connectivity index (χ1n) is 7.32. The van der Waals surface area contributed by atoms with Crippen LogP contribution in [0.3, 0.4) is 0 Å². The van der Waals surface area contributed by atoms with Gasteiger partial charge in [-0.15, -0.1) is 11.3 Å². The van der Waals surface area contributed by atoms with E-state index < -0.39 is 0 Å². The molecule has 110 valence electrons. The topological polar surface area (TPSA) is 29.1 Å². The van der Waals surface area contributed by atoms with E-state index in [0.29, 0.717) is 9.90 Å². The zero-order valence-corrected chi connectivity index (χ0v) is 13.4. The second-order valence-electron chi connectivity index (χ2n) is 5.53. The van der Waals surface area contributed by atoms with E-state index in [-0.39, 0.29) is 5.91 Å². The highest BCUT2D eigenvalue weighted by Gasteiger charge is 2.18. The fourth-order valence-corrected chi connectivity index (χ4v) is 4.41. The predicted octanol–water partition coefficient (Wildman–Crippen LogP) is 5.30. The van der Waals surface area contributed by atoms with Gasteiger partial charge in [0.25, 0.3) is 5.91 Å². The number of benzene rings is 2. The number of fused-ring (bicyclic) bond motifs is 2. The maximum Gasteiger partial charge on any atom is 0.267 e. The molecule has 1 heterocycles. The molecule has 1 aliphatic rings. The Labute approximate surface area is 137 Å². The molecule has 1 aliphatic carbocycles. The normalized spacial score (nSPS) is 13.3. The molecular weight excluding hydrogens is 314 g/mol. The largest absolute Gasteiger partial charge is 0.321 e. The second-order valence-corrected chi connectivity index (χ2v) is 6.96. The third-order valence-corrected chi connectivity index (χ3v) is 5.77.